The van der Waals surface area contributed by atoms with Crippen molar-refractivity contribution < 1.29 is 4.29 Å². The Hall–Kier alpha value is -0.0500. The highest BCUT2D eigenvalue weighted by Gasteiger charge is 1.88. The van der Waals surface area contributed by atoms with Gasteiger partial charge in [0.25, 0.3) is 0 Å². The summed E-state index contributed by atoms with van der Waals surface area (Å²) in [6.45, 7) is 0.505. The molecule has 0 aliphatic heterocycles. The molecule has 0 aromatic carbocycles. The number of hydrogen-bond acceptors (Lipinski definition) is 2. The van der Waals surface area contributed by atoms with Crippen LogP contribution in [-0.4, -0.2) is 0 Å². The Kier molecular flexibility index (Phi) is 2.33. The third-order valence-electron chi connectivity index (χ3n) is 0.801. The average molecular weight is 149 g/mol. The Bertz CT molecular complexity index is 138. The molecule has 1 nitrogen and oxygen atoms in total. The Labute approximate surface area is 57.0 Å². The summed E-state index contributed by atoms with van der Waals surface area (Å²) in [6.07, 6.45) is 0. The van der Waals surface area contributed by atoms with Crippen molar-refractivity contribution in [1.82, 2.24) is 0 Å². The summed E-state index contributed by atoms with van der Waals surface area (Å²) < 4.78 is 4.37. The largest absolute Gasteiger partial charge is 0.274 e. The molecule has 3 heteroatoms. The van der Waals surface area contributed by atoms with Gasteiger partial charge in [-0.2, -0.15) is 11.3 Å². The minimum Gasteiger partial charge on any atom is -0.274 e. The van der Waals surface area contributed by atoms with Gasteiger partial charge in [-0.3, -0.25) is 4.29 Å². The molecule has 0 bridgehead atoms. The Morgan fingerprint density at radius 3 is 3.12 bits per heavy atom. The zero-order valence-electron chi connectivity index (χ0n) is 4.13. The van der Waals surface area contributed by atoms with Crippen molar-refractivity contribution in [2.24, 2.45) is 0 Å². The summed E-state index contributed by atoms with van der Waals surface area (Å²) in [4.78, 5) is 0. The monoisotopic (exact) mass is 148 g/mol. The second kappa shape index (κ2) is 3.07. The molecule has 0 N–H and O–H groups in total. The van der Waals surface area contributed by atoms with E-state index in [9.17, 15) is 0 Å². The van der Waals surface area contributed by atoms with Gasteiger partial charge in [-0.15, -0.1) is 0 Å². The molecule has 0 aliphatic rings. The molecule has 1 rings (SSSR count). The minimum atomic E-state index is 0.505. The first-order chi connectivity index (χ1) is 3.93. The van der Waals surface area contributed by atoms with E-state index in [1.807, 2.05) is 16.8 Å². The van der Waals surface area contributed by atoms with Crippen LogP contribution in [0.1, 0.15) is 5.56 Å². The van der Waals surface area contributed by atoms with Gasteiger partial charge in [0.2, 0.25) is 0 Å². The molecule has 1 aromatic rings. The van der Waals surface area contributed by atoms with Gasteiger partial charge in [0.1, 0.15) is 0 Å². The lowest BCUT2D eigenvalue weighted by Crippen LogP contribution is -1.75. The molecule has 0 amide bonds. The zero-order chi connectivity index (χ0) is 5.82. The van der Waals surface area contributed by atoms with Gasteiger partial charge in [0, 0.05) is 0 Å². The summed E-state index contributed by atoms with van der Waals surface area (Å²) in [7, 11) is 0. The van der Waals surface area contributed by atoms with Crippen LogP contribution in [0.2, 0.25) is 0 Å². The highest BCUT2D eigenvalue weighted by atomic mass is 35.5. The zero-order valence-corrected chi connectivity index (χ0v) is 5.71. The van der Waals surface area contributed by atoms with Gasteiger partial charge < -0.3 is 0 Å². The SMILES string of the molecule is ClOCc1ccsc1. The third kappa shape index (κ3) is 1.47. The molecule has 0 fully saturated rings. The maximum absolute atomic E-state index is 5.00. The van der Waals surface area contributed by atoms with E-state index in [4.69, 9.17) is 11.9 Å². The molecule has 0 saturated carbocycles. The summed E-state index contributed by atoms with van der Waals surface area (Å²) >= 11 is 6.64. The van der Waals surface area contributed by atoms with E-state index in [1.165, 1.54) is 0 Å². The van der Waals surface area contributed by atoms with Gasteiger partial charge >= 0.3 is 0 Å². The van der Waals surface area contributed by atoms with Crippen LogP contribution in [0.25, 0.3) is 0 Å². The van der Waals surface area contributed by atoms with Crippen molar-refractivity contribution in [2.45, 2.75) is 6.61 Å². The van der Waals surface area contributed by atoms with Gasteiger partial charge in [0.15, 0.2) is 0 Å². The van der Waals surface area contributed by atoms with Crippen molar-refractivity contribution >= 4 is 23.2 Å². The molecule has 0 spiro atoms. The molecule has 0 saturated heterocycles. The fourth-order valence-corrected chi connectivity index (χ4v) is 1.22. The molecule has 0 atom stereocenters. The first-order valence-electron chi connectivity index (χ1n) is 2.18. The molecule has 0 unspecified atom stereocenters. The van der Waals surface area contributed by atoms with Crippen molar-refractivity contribution in [3.63, 3.8) is 0 Å². The molecular weight excluding hydrogens is 144 g/mol. The Balaban J connectivity index is 2.50. The molecule has 1 heterocycles. The number of thiophene rings is 1. The highest BCUT2D eigenvalue weighted by molar-refractivity contribution is 7.07. The molecular formula is C5H5ClOS. The van der Waals surface area contributed by atoms with E-state index in [0.29, 0.717) is 6.61 Å². The van der Waals surface area contributed by atoms with E-state index in [0.717, 1.165) is 5.56 Å². The van der Waals surface area contributed by atoms with Crippen LogP contribution in [-0.2, 0) is 10.9 Å². The molecule has 0 radical (unpaired) electrons. The lowest BCUT2D eigenvalue weighted by Gasteiger charge is -1.85. The van der Waals surface area contributed by atoms with Crippen LogP contribution in [0.3, 0.4) is 0 Å². The van der Waals surface area contributed by atoms with Gasteiger partial charge in [-0.1, -0.05) is 0 Å². The molecule has 44 valence electrons. The fraction of sp³-hybridized carbons (Fsp3) is 0.200. The third-order valence-corrected chi connectivity index (χ3v) is 1.64. The lowest BCUT2D eigenvalue weighted by atomic mass is 10.4. The maximum atomic E-state index is 5.00. The van der Waals surface area contributed by atoms with Crippen LogP contribution in [0.5, 0.6) is 0 Å². The van der Waals surface area contributed by atoms with Crippen LogP contribution in [0.15, 0.2) is 16.8 Å². The highest BCUT2D eigenvalue weighted by Crippen LogP contribution is 2.07. The second-order valence-electron chi connectivity index (χ2n) is 1.39. The number of rotatable bonds is 2. The number of hydrogen-bond donors (Lipinski definition) is 0. The molecule has 0 aliphatic carbocycles. The summed E-state index contributed by atoms with van der Waals surface area (Å²) in [6, 6.07) is 1.98. The first-order valence-corrected chi connectivity index (χ1v) is 3.43. The maximum Gasteiger partial charge on any atom is 0.0941 e. The van der Waals surface area contributed by atoms with Crippen molar-refractivity contribution in [3.05, 3.63) is 22.4 Å². The summed E-state index contributed by atoms with van der Waals surface area (Å²) in [5.74, 6) is 0. The smallest absolute Gasteiger partial charge is 0.0941 e. The minimum absolute atomic E-state index is 0.505. The molecule has 8 heavy (non-hydrogen) atoms. The van der Waals surface area contributed by atoms with Crippen LogP contribution >= 0.6 is 23.2 Å². The van der Waals surface area contributed by atoms with Gasteiger partial charge in [-0.05, 0) is 22.4 Å². The molecule has 1 aromatic heterocycles. The Morgan fingerprint density at radius 1 is 1.75 bits per heavy atom. The van der Waals surface area contributed by atoms with Crippen molar-refractivity contribution in [3.8, 4) is 0 Å². The topological polar surface area (TPSA) is 9.23 Å². The predicted octanol–water partition coefficient (Wildman–Crippen LogP) is 2.42. The lowest BCUT2D eigenvalue weighted by molar-refractivity contribution is 0.341. The van der Waals surface area contributed by atoms with Crippen LogP contribution in [0, 0.1) is 0 Å². The number of halogens is 1. The average Bonchev–Trinajstić information content (AvgIpc) is 2.19. The standard InChI is InChI=1S/C5H5ClOS/c6-7-3-5-1-2-8-4-5/h1-2,4H,3H2. The quantitative estimate of drug-likeness (QED) is 0.626. The van der Waals surface area contributed by atoms with E-state index >= 15 is 0 Å². The van der Waals surface area contributed by atoms with Crippen molar-refractivity contribution in [1.29, 1.82) is 0 Å². The summed E-state index contributed by atoms with van der Waals surface area (Å²) in [5.41, 5.74) is 1.13. The van der Waals surface area contributed by atoms with E-state index in [1.54, 1.807) is 11.3 Å². The van der Waals surface area contributed by atoms with Gasteiger partial charge in [-0.25, -0.2) is 0 Å². The van der Waals surface area contributed by atoms with Gasteiger partial charge in [0.05, 0.1) is 18.5 Å². The van der Waals surface area contributed by atoms with E-state index in [-0.39, 0.29) is 0 Å². The fourth-order valence-electron chi connectivity index (χ4n) is 0.438. The summed E-state index contributed by atoms with van der Waals surface area (Å²) in [5, 5.41) is 3.99. The van der Waals surface area contributed by atoms with E-state index < -0.39 is 0 Å². The Morgan fingerprint density at radius 2 is 2.62 bits per heavy atom. The van der Waals surface area contributed by atoms with Crippen LogP contribution in [0.4, 0.5) is 0 Å². The van der Waals surface area contributed by atoms with Crippen LogP contribution < -0.4 is 0 Å². The second-order valence-corrected chi connectivity index (χ2v) is 2.38. The van der Waals surface area contributed by atoms with Crippen molar-refractivity contribution in [2.75, 3.05) is 0 Å². The predicted molar refractivity (Wildman–Crippen MR) is 35.0 cm³/mol. The normalized spacial score (nSPS) is 9.62. The van der Waals surface area contributed by atoms with E-state index in [2.05, 4.69) is 4.29 Å². The first kappa shape index (κ1) is 6.08.